The summed E-state index contributed by atoms with van der Waals surface area (Å²) in [6.07, 6.45) is 0. The van der Waals surface area contributed by atoms with Crippen molar-refractivity contribution in [2.24, 2.45) is 0 Å². The lowest BCUT2D eigenvalue weighted by Crippen LogP contribution is -2.48. The highest BCUT2D eigenvalue weighted by Crippen LogP contribution is 2.24. The molecule has 1 saturated heterocycles. The van der Waals surface area contributed by atoms with Crippen LogP contribution in [0.3, 0.4) is 0 Å². The topological polar surface area (TPSA) is 54.3 Å². The molecule has 2 aromatic carbocycles. The summed E-state index contributed by atoms with van der Waals surface area (Å²) in [6.45, 7) is 7.88. The summed E-state index contributed by atoms with van der Waals surface area (Å²) < 4.78 is 3.10. The van der Waals surface area contributed by atoms with Crippen molar-refractivity contribution in [3.8, 4) is 5.69 Å². The summed E-state index contributed by atoms with van der Waals surface area (Å²) in [7, 11) is 0. The molecule has 2 aromatic heterocycles. The maximum atomic E-state index is 13.3. The molecule has 4 aromatic rings. The molecule has 0 bridgehead atoms. The molecule has 0 unspecified atom stereocenters. The van der Waals surface area contributed by atoms with E-state index >= 15 is 0 Å². The summed E-state index contributed by atoms with van der Waals surface area (Å²) in [5.74, 6) is 0.0804. The standard InChI is InChI=1S/C24H25N5OS/c1-17-23(18(2)29(26-17)19-8-4-3-5-9-19)24(30)28-14-12-27(13-15-28)16-22-25-20-10-6-7-11-21(20)31-22/h3-11H,12-16H2,1-2H3. The van der Waals surface area contributed by atoms with Crippen LogP contribution in [-0.2, 0) is 6.54 Å². The number of rotatable bonds is 4. The fraction of sp³-hybridized carbons (Fsp3) is 0.292. The van der Waals surface area contributed by atoms with Gasteiger partial charge in [-0.25, -0.2) is 9.67 Å². The summed E-state index contributed by atoms with van der Waals surface area (Å²) in [5, 5.41) is 5.78. The van der Waals surface area contributed by atoms with Gasteiger partial charge < -0.3 is 4.90 Å². The van der Waals surface area contributed by atoms with Gasteiger partial charge in [0, 0.05) is 26.2 Å². The maximum absolute atomic E-state index is 13.3. The Bertz CT molecular complexity index is 1190. The lowest BCUT2D eigenvalue weighted by Gasteiger charge is -2.34. The molecular weight excluding hydrogens is 406 g/mol. The molecule has 0 spiro atoms. The van der Waals surface area contributed by atoms with Crippen molar-refractivity contribution in [1.29, 1.82) is 0 Å². The van der Waals surface area contributed by atoms with Crippen LogP contribution in [0.5, 0.6) is 0 Å². The van der Waals surface area contributed by atoms with Gasteiger partial charge in [-0.2, -0.15) is 5.10 Å². The number of carbonyl (C=O) groups excluding carboxylic acids is 1. The molecule has 158 valence electrons. The van der Waals surface area contributed by atoms with Crippen LogP contribution in [0.25, 0.3) is 15.9 Å². The number of para-hydroxylation sites is 2. The lowest BCUT2D eigenvalue weighted by atomic mass is 10.1. The average Bonchev–Trinajstić information content (AvgIpc) is 3.33. The predicted octanol–water partition coefficient (Wildman–Crippen LogP) is 4.06. The normalized spacial score (nSPS) is 15.0. The molecule has 1 aliphatic heterocycles. The van der Waals surface area contributed by atoms with E-state index in [0.29, 0.717) is 0 Å². The first kappa shape index (κ1) is 19.9. The molecule has 0 radical (unpaired) electrons. The van der Waals surface area contributed by atoms with E-state index in [1.54, 1.807) is 11.3 Å². The van der Waals surface area contributed by atoms with E-state index in [-0.39, 0.29) is 5.91 Å². The Balaban J connectivity index is 1.26. The van der Waals surface area contributed by atoms with Gasteiger partial charge in [-0.3, -0.25) is 9.69 Å². The van der Waals surface area contributed by atoms with Gasteiger partial charge in [-0.15, -0.1) is 11.3 Å². The average molecular weight is 432 g/mol. The fourth-order valence-corrected chi connectivity index (χ4v) is 5.23. The van der Waals surface area contributed by atoms with Crippen LogP contribution >= 0.6 is 11.3 Å². The largest absolute Gasteiger partial charge is 0.336 e. The minimum atomic E-state index is 0.0804. The molecule has 1 aliphatic rings. The van der Waals surface area contributed by atoms with E-state index in [1.807, 2.05) is 59.8 Å². The molecule has 1 fully saturated rings. The first-order chi connectivity index (χ1) is 15.1. The van der Waals surface area contributed by atoms with Crippen molar-refractivity contribution in [2.45, 2.75) is 20.4 Å². The highest BCUT2D eigenvalue weighted by atomic mass is 32.1. The first-order valence-electron chi connectivity index (χ1n) is 10.6. The Kier molecular flexibility index (Phi) is 5.29. The van der Waals surface area contributed by atoms with E-state index in [1.165, 1.54) is 4.70 Å². The van der Waals surface area contributed by atoms with Crippen LogP contribution in [0.2, 0.25) is 0 Å². The number of piperazine rings is 1. The smallest absolute Gasteiger partial charge is 0.257 e. The summed E-state index contributed by atoms with van der Waals surface area (Å²) in [4.78, 5) is 22.4. The second-order valence-corrected chi connectivity index (χ2v) is 9.05. The van der Waals surface area contributed by atoms with Crippen LogP contribution in [0.1, 0.15) is 26.8 Å². The highest BCUT2D eigenvalue weighted by molar-refractivity contribution is 7.18. The van der Waals surface area contributed by atoms with Crippen molar-refractivity contribution in [2.75, 3.05) is 26.2 Å². The van der Waals surface area contributed by atoms with Gasteiger partial charge >= 0.3 is 0 Å². The Morgan fingerprint density at radius 2 is 1.68 bits per heavy atom. The van der Waals surface area contributed by atoms with E-state index in [2.05, 4.69) is 28.2 Å². The minimum Gasteiger partial charge on any atom is -0.336 e. The third kappa shape index (κ3) is 3.86. The van der Waals surface area contributed by atoms with Crippen molar-refractivity contribution >= 4 is 27.5 Å². The summed E-state index contributed by atoms with van der Waals surface area (Å²) in [6, 6.07) is 18.2. The molecule has 31 heavy (non-hydrogen) atoms. The quantitative estimate of drug-likeness (QED) is 0.489. The molecule has 3 heterocycles. The molecule has 0 aliphatic carbocycles. The summed E-state index contributed by atoms with van der Waals surface area (Å²) >= 11 is 1.76. The van der Waals surface area contributed by atoms with Crippen LogP contribution in [-0.4, -0.2) is 56.7 Å². The van der Waals surface area contributed by atoms with Crippen molar-refractivity contribution in [3.05, 3.63) is 76.6 Å². The van der Waals surface area contributed by atoms with Gasteiger partial charge in [0.25, 0.3) is 5.91 Å². The van der Waals surface area contributed by atoms with Gasteiger partial charge in [0.15, 0.2) is 0 Å². The number of amides is 1. The lowest BCUT2D eigenvalue weighted by molar-refractivity contribution is 0.0627. The van der Waals surface area contributed by atoms with Crippen molar-refractivity contribution in [3.63, 3.8) is 0 Å². The van der Waals surface area contributed by atoms with Gasteiger partial charge in [0.05, 0.1) is 39.4 Å². The predicted molar refractivity (Wildman–Crippen MR) is 124 cm³/mol. The number of thiazole rings is 1. The number of fused-ring (bicyclic) bond motifs is 1. The zero-order chi connectivity index (χ0) is 21.4. The minimum absolute atomic E-state index is 0.0804. The Morgan fingerprint density at radius 1 is 0.968 bits per heavy atom. The van der Waals surface area contributed by atoms with E-state index < -0.39 is 0 Å². The number of benzene rings is 2. The van der Waals surface area contributed by atoms with Gasteiger partial charge in [-0.1, -0.05) is 30.3 Å². The number of hydrogen-bond acceptors (Lipinski definition) is 5. The van der Waals surface area contributed by atoms with Crippen molar-refractivity contribution < 1.29 is 4.79 Å². The van der Waals surface area contributed by atoms with Crippen LogP contribution in [0, 0.1) is 13.8 Å². The highest BCUT2D eigenvalue weighted by Gasteiger charge is 2.27. The van der Waals surface area contributed by atoms with Crippen molar-refractivity contribution in [1.82, 2.24) is 24.6 Å². The third-order valence-electron chi connectivity index (χ3n) is 5.86. The maximum Gasteiger partial charge on any atom is 0.257 e. The first-order valence-corrected chi connectivity index (χ1v) is 11.4. The number of nitrogens with zero attached hydrogens (tertiary/aromatic N) is 5. The Labute approximate surface area is 185 Å². The zero-order valence-electron chi connectivity index (χ0n) is 17.8. The van der Waals surface area contributed by atoms with Gasteiger partial charge in [0.2, 0.25) is 0 Å². The SMILES string of the molecule is Cc1nn(-c2ccccc2)c(C)c1C(=O)N1CCN(Cc2nc3ccccc3s2)CC1. The molecule has 6 nitrogen and oxygen atoms in total. The van der Waals surface area contributed by atoms with Gasteiger partial charge in [0.1, 0.15) is 5.01 Å². The molecule has 0 N–H and O–H groups in total. The van der Waals surface area contributed by atoms with E-state index in [4.69, 9.17) is 4.98 Å². The zero-order valence-corrected chi connectivity index (χ0v) is 18.6. The van der Waals surface area contributed by atoms with Gasteiger partial charge in [-0.05, 0) is 38.1 Å². The molecule has 1 amide bonds. The molecule has 0 atom stereocenters. The summed E-state index contributed by atoms with van der Waals surface area (Å²) in [5.41, 5.74) is 4.44. The number of carbonyl (C=O) groups is 1. The van der Waals surface area contributed by atoms with Crippen LogP contribution < -0.4 is 0 Å². The second kappa shape index (κ2) is 8.24. The number of aromatic nitrogens is 3. The number of hydrogen-bond donors (Lipinski definition) is 0. The Morgan fingerprint density at radius 3 is 2.42 bits per heavy atom. The third-order valence-corrected chi connectivity index (χ3v) is 6.88. The second-order valence-electron chi connectivity index (χ2n) is 7.94. The number of aryl methyl sites for hydroxylation is 1. The van der Waals surface area contributed by atoms with Crippen LogP contribution in [0.4, 0.5) is 0 Å². The fourth-order valence-electron chi connectivity index (χ4n) is 4.22. The van der Waals surface area contributed by atoms with E-state index in [9.17, 15) is 4.79 Å². The molecule has 7 heteroatoms. The van der Waals surface area contributed by atoms with Crippen LogP contribution in [0.15, 0.2) is 54.6 Å². The molecular formula is C24H25N5OS. The molecule has 0 saturated carbocycles. The Hall–Kier alpha value is -3.03. The van der Waals surface area contributed by atoms with E-state index in [0.717, 1.165) is 65.9 Å². The molecule has 5 rings (SSSR count). The monoisotopic (exact) mass is 431 g/mol.